The molecule has 2 aliphatic carbocycles. The Labute approximate surface area is 229 Å². The molecule has 5 atom stereocenters. The van der Waals surface area contributed by atoms with Crippen molar-refractivity contribution in [3.8, 4) is 0 Å². The van der Waals surface area contributed by atoms with Crippen molar-refractivity contribution in [2.24, 2.45) is 17.8 Å². The number of nitrogens with one attached hydrogen (secondary N) is 3. The number of carbonyl (C=O) groups is 2. The van der Waals surface area contributed by atoms with Crippen LogP contribution in [0.3, 0.4) is 0 Å². The molecule has 6 aliphatic rings. The lowest BCUT2D eigenvalue weighted by molar-refractivity contribution is -0.138. The first-order chi connectivity index (χ1) is 18.5. The highest BCUT2D eigenvalue weighted by Gasteiger charge is 2.57. The van der Waals surface area contributed by atoms with Crippen molar-refractivity contribution < 1.29 is 9.59 Å². The molecule has 4 aliphatic heterocycles. The van der Waals surface area contributed by atoms with E-state index in [0.717, 1.165) is 38.0 Å². The molecule has 38 heavy (non-hydrogen) atoms. The fraction of sp³-hybridized carbons (Fsp3) is 0.931. The molecule has 0 spiro atoms. The van der Waals surface area contributed by atoms with Crippen LogP contribution in [0, 0.1) is 17.8 Å². The van der Waals surface area contributed by atoms with Gasteiger partial charge in [0.25, 0.3) is 0 Å². The summed E-state index contributed by atoms with van der Waals surface area (Å²) < 4.78 is 0. The van der Waals surface area contributed by atoms with E-state index in [4.69, 9.17) is 0 Å². The summed E-state index contributed by atoms with van der Waals surface area (Å²) in [5.41, 5.74) is 3.78. The number of likely N-dealkylation sites (tertiary alicyclic amines) is 1. The van der Waals surface area contributed by atoms with Gasteiger partial charge >= 0.3 is 6.03 Å². The zero-order valence-corrected chi connectivity index (χ0v) is 23.7. The maximum Gasteiger partial charge on any atom is 0.328 e. The first-order valence-electron chi connectivity index (χ1n) is 15.8. The molecule has 3 amide bonds. The van der Waals surface area contributed by atoms with Crippen LogP contribution in [0.4, 0.5) is 4.79 Å². The molecule has 2 saturated carbocycles. The summed E-state index contributed by atoms with van der Waals surface area (Å²) in [5, 5.41) is 10.1. The van der Waals surface area contributed by atoms with Gasteiger partial charge in [-0.1, -0.05) is 25.7 Å². The number of amides is 3. The number of nitrogens with zero attached hydrogens (tertiary/aromatic N) is 4. The molecule has 0 aromatic heterocycles. The van der Waals surface area contributed by atoms with Gasteiger partial charge in [-0.25, -0.2) is 15.2 Å². The highest BCUT2D eigenvalue weighted by atomic mass is 16.2. The molecule has 5 unspecified atom stereocenters. The van der Waals surface area contributed by atoms with Gasteiger partial charge in [0.15, 0.2) is 0 Å². The second-order valence-electron chi connectivity index (χ2n) is 13.3. The van der Waals surface area contributed by atoms with Gasteiger partial charge in [0.2, 0.25) is 5.91 Å². The Morgan fingerprint density at radius 2 is 1.66 bits per heavy atom. The van der Waals surface area contributed by atoms with Crippen LogP contribution in [0.15, 0.2) is 0 Å². The minimum absolute atomic E-state index is 0.0296. The number of hydrogen-bond acceptors (Lipinski definition) is 7. The summed E-state index contributed by atoms with van der Waals surface area (Å²) in [5.74, 6) is 1.15. The predicted octanol–water partition coefficient (Wildman–Crippen LogP) is 2.54. The molecule has 3 N–H and O–H groups in total. The maximum absolute atomic E-state index is 13.7. The SMILES string of the molecule is CN1CCC(N2C(=O)N(C)C(=O)C3C(NC4CCCCC4)N(CC4CCC(C5CCCCN5)CC4)NC32)C1. The van der Waals surface area contributed by atoms with Crippen molar-refractivity contribution in [1.29, 1.82) is 0 Å². The van der Waals surface area contributed by atoms with Gasteiger partial charge in [-0.15, -0.1) is 0 Å². The highest BCUT2D eigenvalue weighted by molar-refractivity contribution is 5.99. The summed E-state index contributed by atoms with van der Waals surface area (Å²) in [6.07, 6.45) is 16.0. The average molecular weight is 530 g/mol. The third kappa shape index (κ3) is 5.38. The van der Waals surface area contributed by atoms with Gasteiger partial charge in [-0.2, -0.15) is 0 Å². The van der Waals surface area contributed by atoms with Crippen molar-refractivity contribution >= 4 is 11.9 Å². The fourth-order valence-electron chi connectivity index (χ4n) is 8.54. The minimum atomic E-state index is -0.270. The second kappa shape index (κ2) is 11.7. The van der Waals surface area contributed by atoms with Gasteiger partial charge in [0.1, 0.15) is 12.1 Å². The third-order valence-electron chi connectivity index (χ3n) is 10.8. The number of likely N-dealkylation sites (N-methyl/N-ethyl adjacent to an activating group) is 1. The topological polar surface area (TPSA) is 83.2 Å². The van der Waals surface area contributed by atoms with Gasteiger partial charge in [-0.3, -0.25) is 15.0 Å². The fourth-order valence-corrected chi connectivity index (χ4v) is 8.54. The van der Waals surface area contributed by atoms with Crippen molar-refractivity contribution in [2.75, 3.05) is 40.3 Å². The van der Waals surface area contributed by atoms with E-state index >= 15 is 0 Å². The molecule has 0 aromatic rings. The number of imide groups is 1. The van der Waals surface area contributed by atoms with E-state index in [2.05, 4.69) is 33.0 Å². The highest BCUT2D eigenvalue weighted by Crippen LogP contribution is 2.38. The predicted molar refractivity (Wildman–Crippen MR) is 148 cm³/mol. The summed E-state index contributed by atoms with van der Waals surface area (Å²) >= 11 is 0. The molecule has 214 valence electrons. The molecule has 9 nitrogen and oxygen atoms in total. The van der Waals surface area contributed by atoms with E-state index in [1.54, 1.807) is 7.05 Å². The number of piperidine rings is 1. The molecule has 6 rings (SSSR count). The third-order valence-corrected chi connectivity index (χ3v) is 10.8. The van der Waals surface area contributed by atoms with Crippen LogP contribution in [0.25, 0.3) is 0 Å². The van der Waals surface area contributed by atoms with Crippen LogP contribution in [0.1, 0.15) is 83.5 Å². The molecule has 9 heteroatoms. The number of hydrazine groups is 1. The van der Waals surface area contributed by atoms with Gasteiger partial charge < -0.3 is 15.1 Å². The maximum atomic E-state index is 13.7. The Balaban J connectivity index is 1.18. The Morgan fingerprint density at radius 3 is 2.34 bits per heavy atom. The van der Waals surface area contributed by atoms with Crippen LogP contribution < -0.4 is 16.1 Å². The van der Waals surface area contributed by atoms with Crippen LogP contribution >= 0.6 is 0 Å². The quantitative estimate of drug-likeness (QED) is 0.488. The zero-order chi connectivity index (χ0) is 26.2. The van der Waals surface area contributed by atoms with Gasteiger partial charge in [0, 0.05) is 38.3 Å². The molecule has 0 bridgehead atoms. The monoisotopic (exact) mass is 529 g/mol. The zero-order valence-electron chi connectivity index (χ0n) is 23.7. The van der Waals surface area contributed by atoms with Gasteiger partial charge in [0.05, 0.1) is 6.17 Å². The van der Waals surface area contributed by atoms with Crippen molar-refractivity contribution in [2.45, 2.75) is 114 Å². The number of urea groups is 1. The van der Waals surface area contributed by atoms with Crippen LogP contribution in [0.2, 0.25) is 0 Å². The summed E-state index contributed by atoms with van der Waals surface area (Å²) in [6, 6.07) is 1.18. The molecule has 6 fully saturated rings. The lowest BCUT2D eigenvalue weighted by atomic mass is 9.76. The van der Waals surface area contributed by atoms with E-state index in [-0.39, 0.29) is 36.2 Å². The number of hydrogen-bond donors (Lipinski definition) is 3. The Morgan fingerprint density at radius 1 is 0.895 bits per heavy atom. The van der Waals surface area contributed by atoms with E-state index in [1.165, 1.54) is 88.5 Å². The number of rotatable bonds is 6. The lowest BCUT2D eigenvalue weighted by Gasteiger charge is -2.44. The Hall–Kier alpha value is -1.26. The summed E-state index contributed by atoms with van der Waals surface area (Å²) in [4.78, 5) is 32.9. The van der Waals surface area contributed by atoms with Crippen molar-refractivity contribution in [3.05, 3.63) is 0 Å². The number of fused-ring (bicyclic) bond motifs is 1. The van der Waals surface area contributed by atoms with E-state index in [9.17, 15) is 9.59 Å². The summed E-state index contributed by atoms with van der Waals surface area (Å²) in [6.45, 7) is 4.01. The molecule has 4 heterocycles. The molecule has 4 saturated heterocycles. The minimum Gasteiger partial charge on any atom is -0.314 e. The van der Waals surface area contributed by atoms with Crippen molar-refractivity contribution in [3.63, 3.8) is 0 Å². The molecule has 0 aromatic carbocycles. The van der Waals surface area contributed by atoms with Crippen LogP contribution in [-0.2, 0) is 4.79 Å². The van der Waals surface area contributed by atoms with E-state index in [0.29, 0.717) is 12.0 Å². The lowest BCUT2D eigenvalue weighted by Crippen LogP contribution is -2.66. The molecular weight excluding hydrogens is 478 g/mol. The first-order valence-corrected chi connectivity index (χ1v) is 15.8. The smallest absolute Gasteiger partial charge is 0.314 e. The second-order valence-corrected chi connectivity index (χ2v) is 13.3. The molecule has 0 radical (unpaired) electrons. The van der Waals surface area contributed by atoms with E-state index in [1.807, 2.05) is 4.90 Å². The average Bonchev–Trinajstić information content (AvgIpc) is 3.52. The Bertz CT molecular complexity index is 837. The number of carbonyl (C=O) groups excluding carboxylic acids is 2. The summed E-state index contributed by atoms with van der Waals surface area (Å²) in [7, 11) is 3.81. The van der Waals surface area contributed by atoms with Crippen molar-refractivity contribution in [1.82, 2.24) is 35.8 Å². The van der Waals surface area contributed by atoms with E-state index < -0.39 is 0 Å². The van der Waals surface area contributed by atoms with Gasteiger partial charge in [-0.05, 0) is 89.8 Å². The van der Waals surface area contributed by atoms with Crippen LogP contribution in [-0.4, -0.2) is 102 Å². The standard InChI is InChI=1S/C29H51N7O2/c1-33-17-15-23(19-33)36-27-25(28(37)34(2)29(36)38)26(31-22-8-4-3-5-9-22)35(32-27)18-20-11-13-21(14-12-20)24-10-6-7-16-30-24/h20-27,30-32H,3-19H2,1-2H3. The Kier molecular flexibility index (Phi) is 8.29. The first kappa shape index (κ1) is 26.9. The van der Waals surface area contributed by atoms with Crippen LogP contribution in [0.5, 0.6) is 0 Å². The largest absolute Gasteiger partial charge is 0.328 e. The normalized spacial score (nSPS) is 40.2. The molecular formula is C29H51N7O2.